The van der Waals surface area contributed by atoms with Crippen molar-refractivity contribution in [2.24, 2.45) is 0 Å². The zero-order chi connectivity index (χ0) is 17.6. The van der Waals surface area contributed by atoms with Crippen molar-refractivity contribution in [2.45, 2.75) is 13.0 Å². The maximum Gasteiger partial charge on any atom is 0.265 e. The number of benzene rings is 2. The van der Waals surface area contributed by atoms with E-state index in [0.29, 0.717) is 5.75 Å². The molecule has 1 amide bonds. The number of piperazine rings is 1. The van der Waals surface area contributed by atoms with Crippen LogP contribution in [0.5, 0.6) is 5.75 Å². The Morgan fingerprint density at radius 3 is 2.28 bits per heavy atom. The molecule has 0 aliphatic carbocycles. The van der Waals surface area contributed by atoms with Gasteiger partial charge < -0.3 is 19.9 Å². The highest BCUT2D eigenvalue weighted by molar-refractivity contribution is 5.94. The molecular formula is C20H25N3O2. The summed E-state index contributed by atoms with van der Waals surface area (Å²) in [5, 5.41) is 2.91. The van der Waals surface area contributed by atoms with Crippen LogP contribution in [-0.2, 0) is 4.79 Å². The van der Waals surface area contributed by atoms with Crippen molar-refractivity contribution in [3.05, 3.63) is 54.6 Å². The molecule has 25 heavy (non-hydrogen) atoms. The summed E-state index contributed by atoms with van der Waals surface area (Å²) in [5.41, 5.74) is 1.98. The van der Waals surface area contributed by atoms with Gasteiger partial charge >= 0.3 is 0 Å². The van der Waals surface area contributed by atoms with E-state index in [1.54, 1.807) is 6.92 Å². The highest BCUT2D eigenvalue weighted by Crippen LogP contribution is 2.20. The molecule has 0 spiro atoms. The molecule has 0 bridgehead atoms. The molecule has 2 aromatic rings. The van der Waals surface area contributed by atoms with Gasteiger partial charge in [-0.3, -0.25) is 4.79 Å². The molecule has 1 atom stereocenters. The molecule has 1 aliphatic rings. The lowest BCUT2D eigenvalue weighted by atomic mass is 10.2. The van der Waals surface area contributed by atoms with Gasteiger partial charge in [0.15, 0.2) is 6.10 Å². The maximum absolute atomic E-state index is 12.3. The van der Waals surface area contributed by atoms with E-state index >= 15 is 0 Å². The van der Waals surface area contributed by atoms with Crippen molar-refractivity contribution in [1.29, 1.82) is 0 Å². The minimum atomic E-state index is -0.556. The molecule has 5 heteroatoms. The summed E-state index contributed by atoms with van der Waals surface area (Å²) in [6, 6.07) is 17.4. The minimum Gasteiger partial charge on any atom is -0.481 e. The van der Waals surface area contributed by atoms with E-state index in [1.165, 1.54) is 5.69 Å². The summed E-state index contributed by atoms with van der Waals surface area (Å²) in [7, 11) is 2.15. The van der Waals surface area contributed by atoms with Crippen LogP contribution >= 0.6 is 0 Å². The number of likely N-dealkylation sites (N-methyl/N-ethyl adjacent to an activating group) is 1. The second-order valence-electron chi connectivity index (χ2n) is 6.40. The number of rotatable bonds is 5. The van der Waals surface area contributed by atoms with Crippen molar-refractivity contribution in [3.63, 3.8) is 0 Å². The SMILES string of the molecule is C[C@H](Oc1ccccc1)C(=O)Nc1ccc(N2CCN(C)CC2)cc1. The van der Waals surface area contributed by atoms with Gasteiger partial charge in [-0.15, -0.1) is 0 Å². The van der Waals surface area contributed by atoms with Crippen LogP contribution in [0.3, 0.4) is 0 Å². The molecule has 5 nitrogen and oxygen atoms in total. The Bertz CT molecular complexity index is 680. The van der Waals surface area contributed by atoms with Gasteiger partial charge in [0.25, 0.3) is 5.91 Å². The van der Waals surface area contributed by atoms with Gasteiger partial charge in [0, 0.05) is 37.6 Å². The first-order valence-electron chi connectivity index (χ1n) is 8.68. The predicted molar refractivity (Wildman–Crippen MR) is 101 cm³/mol. The van der Waals surface area contributed by atoms with Gasteiger partial charge in [0.1, 0.15) is 5.75 Å². The number of nitrogens with zero attached hydrogens (tertiary/aromatic N) is 2. The van der Waals surface area contributed by atoms with Crippen LogP contribution < -0.4 is 15.0 Å². The number of amides is 1. The number of carbonyl (C=O) groups excluding carboxylic acids is 1. The summed E-state index contributed by atoms with van der Waals surface area (Å²) >= 11 is 0. The van der Waals surface area contributed by atoms with Crippen molar-refractivity contribution >= 4 is 17.3 Å². The molecule has 0 aromatic heterocycles. The molecule has 1 aliphatic heterocycles. The van der Waals surface area contributed by atoms with Gasteiger partial charge in [0.05, 0.1) is 0 Å². The summed E-state index contributed by atoms with van der Waals surface area (Å²) in [6.45, 7) is 5.97. The minimum absolute atomic E-state index is 0.156. The highest BCUT2D eigenvalue weighted by atomic mass is 16.5. The van der Waals surface area contributed by atoms with Crippen LogP contribution in [0, 0.1) is 0 Å². The third-order valence-corrected chi connectivity index (χ3v) is 4.43. The quantitative estimate of drug-likeness (QED) is 0.910. The molecule has 1 fully saturated rings. The molecule has 0 radical (unpaired) electrons. The van der Waals surface area contributed by atoms with Crippen LogP contribution in [0.1, 0.15) is 6.92 Å². The molecule has 132 valence electrons. The maximum atomic E-state index is 12.3. The molecule has 3 rings (SSSR count). The summed E-state index contributed by atoms with van der Waals surface area (Å²) in [4.78, 5) is 17.0. The number of carbonyl (C=O) groups is 1. The average molecular weight is 339 g/mol. The lowest BCUT2D eigenvalue weighted by molar-refractivity contribution is -0.122. The Labute approximate surface area is 149 Å². The molecule has 1 saturated heterocycles. The van der Waals surface area contributed by atoms with Gasteiger partial charge in [-0.05, 0) is 50.4 Å². The number of anilines is 2. The predicted octanol–water partition coefficient (Wildman–Crippen LogP) is 2.84. The average Bonchev–Trinajstić information content (AvgIpc) is 2.64. The number of hydrogen-bond donors (Lipinski definition) is 1. The Kier molecular flexibility index (Phi) is 5.56. The third kappa shape index (κ3) is 4.73. The Morgan fingerprint density at radius 2 is 1.64 bits per heavy atom. The van der Waals surface area contributed by atoms with E-state index in [2.05, 4.69) is 34.3 Å². The summed E-state index contributed by atoms with van der Waals surface area (Å²) < 4.78 is 5.65. The van der Waals surface area contributed by atoms with Crippen molar-refractivity contribution < 1.29 is 9.53 Å². The van der Waals surface area contributed by atoms with Crippen molar-refractivity contribution in [1.82, 2.24) is 4.90 Å². The second-order valence-corrected chi connectivity index (χ2v) is 6.40. The topological polar surface area (TPSA) is 44.8 Å². The first-order valence-corrected chi connectivity index (χ1v) is 8.68. The van der Waals surface area contributed by atoms with Gasteiger partial charge in [0.2, 0.25) is 0 Å². The van der Waals surface area contributed by atoms with Crippen molar-refractivity contribution in [2.75, 3.05) is 43.4 Å². The zero-order valence-corrected chi connectivity index (χ0v) is 14.8. The number of ether oxygens (including phenoxy) is 1. The van der Waals surface area contributed by atoms with Crippen LogP contribution in [0.2, 0.25) is 0 Å². The molecular weight excluding hydrogens is 314 g/mol. The van der Waals surface area contributed by atoms with E-state index in [-0.39, 0.29) is 5.91 Å². The molecule has 1 heterocycles. The number of nitrogens with one attached hydrogen (secondary N) is 1. The third-order valence-electron chi connectivity index (χ3n) is 4.43. The van der Waals surface area contributed by atoms with Crippen LogP contribution in [0.25, 0.3) is 0 Å². The van der Waals surface area contributed by atoms with Crippen LogP contribution in [-0.4, -0.2) is 50.1 Å². The smallest absolute Gasteiger partial charge is 0.265 e. The van der Waals surface area contributed by atoms with Gasteiger partial charge in [-0.2, -0.15) is 0 Å². The standard InChI is InChI=1S/C20H25N3O2/c1-16(25-19-6-4-3-5-7-19)20(24)21-17-8-10-18(11-9-17)23-14-12-22(2)13-15-23/h3-11,16H,12-15H2,1-2H3,(H,21,24)/t16-/m0/s1. The normalized spacial score (nSPS) is 16.3. The highest BCUT2D eigenvalue weighted by Gasteiger charge is 2.16. The van der Waals surface area contributed by atoms with Gasteiger partial charge in [-0.25, -0.2) is 0 Å². The lowest BCUT2D eigenvalue weighted by Gasteiger charge is -2.34. The first kappa shape index (κ1) is 17.3. The van der Waals surface area contributed by atoms with E-state index < -0.39 is 6.10 Å². The molecule has 0 unspecified atom stereocenters. The van der Waals surface area contributed by atoms with Crippen molar-refractivity contribution in [3.8, 4) is 5.75 Å². The Morgan fingerprint density at radius 1 is 1.00 bits per heavy atom. The fraction of sp³-hybridized carbons (Fsp3) is 0.350. The zero-order valence-electron chi connectivity index (χ0n) is 14.8. The Hall–Kier alpha value is -2.53. The summed E-state index contributed by atoms with van der Waals surface area (Å²) in [5.74, 6) is 0.534. The number of hydrogen-bond acceptors (Lipinski definition) is 4. The van der Waals surface area contributed by atoms with E-state index in [1.807, 2.05) is 42.5 Å². The van der Waals surface area contributed by atoms with E-state index in [0.717, 1.165) is 31.9 Å². The number of para-hydroxylation sites is 1. The van der Waals surface area contributed by atoms with Crippen LogP contribution in [0.4, 0.5) is 11.4 Å². The monoisotopic (exact) mass is 339 g/mol. The second kappa shape index (κ2) is 8.03. The van der Waals surface area contributed by atoms with E-state index in [9.17, 15) is 4.79 Å². The molecule has 2 aromatic carbocycles. The van der Waals surface area contributed by atoms with E-state index in [4.69, 9.17) is 4.74 Å². The molecule has 1 N–H and O–H groups in total. The largest absolute Gasteiger partial charge is 0.481 e. The van der Waals surface area contributed by atoms with Gasteiger partial charge in [-0.1, -0.05) is 18.2 Å². The fourth-order valence-electron chi connectivity index (χ4n) is 2.82. The lowest BCUT2D eigenvalue weighted by Crippen LogP contribution is -2.44. The first-order chi connectivity index (χ1) is 12.1. The van der Waals surface area contributed by atoms with Crippen LogP contribution in [0.15, 0.2) is 54.6 Å². The Balaban J connectivity index is 1.54. The molecule has 0 saturated carbocycles. The fourth-order valence-corrected chi connectivity index (χ4v) is 2.82. The summed E-state index contributed by atoms with van der Waals surface area (Å²) in [6.07, 6.45) is -0.556.